The van der Waals surface area contributed by atoms with Gasteiger partial charge in [0, 0.05) is 13.6 Å². The Bertz CT molecular complexity index is 303. The first kappa shape index (κ1) is 11.4. The molecular formula is C9H15BrN4. The first-order valence-electron chi connectivity index (χ1n) is 4.55. The number of nitrogens with two attached hydrogens (primary N) is 1. The van der Waals surface area contributed by atoms with Crippen LogP contribution in [0.5, 0.6) is 0 Å². The molecule has 0 saturated heterocycles. The maximum absolute atomic E-state index is 5.45. The molecule has 14 heavy (non-hydrogen) atoms. The molecule has 5 heteroatoms. The van der Waals surface area contributed by atoms with E-state index in [1.54, 1.807) is 6.33 Å². The smallest absolute Gasteiger partial charge is 0.146 e. The molecule has 0 spiro atoms. The van der Waals surface area contributed by atoms with Gasteiger partial charge in [0.05, 0.1) is 10.2 Å². The summed E-state index contributed by atoms with van der Waals surface area (Å²) in [4.78, 5) is 10.4. The summed E-state index contributed by atoms with van der Waals surface area (Å²) in [6.07, 6.45) is 2.54. The van der Waals surface area contributed by atoms with Gasteiger partial charge in [0.2, 0.25) is 0 Å². The van der Waals surface area contributed by atoms with Crippen LogP contribution in [0.1, 0.15) is 12.1 Å². The first-order valence-corrected chi connectivity index (χ1v) is 5.34. The van der Waals surface area contributed by atoms with Crippen molar-refractivity contribution in [3.8, 4) is 0 Å². The van der Waals surface area contributed by atoms with Crippen LogP contribution in [0.2, 0.25) is 0 Å². The predicted octanol–water partition coefficient (Wildman–Crippen LogP) is 1.33. The van der Waals surface area contributed by atoms with Crippen LogP contribution in [0.25, 0.3) is 0 Å². The number of aryl methyl sites for hydroxylation is 1. The van der Waals surface area contributed by atoms with E-state index in [4.69, 9.17) is 5.73 Å². The fraction of sp³-hybridized carbons (Fsp3) is 0.556. The number of rotatable bonds is 4. The molecule has 1 aromatic heterocycles. The molecule has 0 amide bonds. The lowest BCUT2D eigenvalue weighted by molar-refractivity contribution is 0.782. The minimum absolute atomic E-state index is 0.700. The Morgan fingerprint density at radius 2 is 2.21 bits per heavy atom. The van der Waals surface area contributed by atoms with Crippen LogP contribution in [0.15, 0.2) is 10.8 Å². The maximum atomic E-state index is 5.45. The molecule has 0 aliphatic heterocycles. The van der Waals surface area contributed by atoms with Crippen molar-refractivity contribution in [3.05, 3.63) is 16.5 Å². The monoisotopic (exact) mass is 258 g/mol. The molecule has 0 radical (unpaired) electrons. The van der Waals surface area contributed by atoms with Crippen LogP contribution in [0.3, 0.4) is 0 Å². The van der Waals surface area contributed by atoms with E-state index in [0.717, 1.165) is 29.0 Å². The predicted molar refractivity (Wildman–Crippen MR) is 61.4 cm³/mol. The number of hydrogen-bond donors (Lipinski definition) is 1. The number of hydrogen-bond acceptors (Lipinski definition) is 4. The van der Waals surface area contributed by atoms with Gasteiger partial charge in [0.15, 0.2) is 0 Å². The average molecular weight is 259 g/mol. The Morgan fingerprint density at radius 3 is 2.86 bits per heavy atom. The second kappa shape index (κ2) is 5.26. The molecule has 4 nitrogen and oxygen atoms in total. The largest absolute Gasteiger partial charge is 0.359 e. The highest BCUT2D eigenvalue weighted by Crippen LogP contribution is 2.24. The Kier molecular flexibility index (Phi) is 4.28. The van der Waals surface area contributed by atoms with Gasteiger partial charge in [-0.3, -0.25) is 0 Å². The number of anilines is 1. The standard InChI is InChI=1S/C9H15BrN4/c1-7-8(10)9(13-6-12-7)14(2)5-3-4-11/h6H,3-5,11H2,1-2H3. The van der Waals surface area contributed by atoms with E-state index >= 15 is 0 Å². The van der Waals surface area contributed by atoms with E-state index in [0.29, 0.717) is 6.54 Å². The van der Waals surface area contributed by atoms with Crippen LogP contribution >= 0.6 is 15.9 Å². The maximum Gasteiger partial charge on any atom is 0.146 e. The van der Waals surface area contributed by atoms with E-state index in [9.17, 15) is 0 Å². The van der Waals surface area contributed by atoms with Gasteiger partial charge in [-0.25, -0.2) is 9.97 Å². The first-order chi connectivity index (χ1) is 6.66. The SMILES string of the molecule is Cc1ncnc(N(C)CCCN)c1Br. The minimum atomic E-state index is 0.700. The van der Waals surface area contributed by atoms with Crippen molar-refractivity contribution in [2.75, 3.05) is 25.0 Å². The molecule has 1 heterocycles. The summed E-state index contributed by atoms with van der Waals surface area (Å²) in [5.41, 5.74) is 6.41. The average Bonchev–Trinajstić information content (AvgIpc) is 2.18. The Hall–Kier alpha value is -0.680. The van der Waals surface area contributed by atoms with E-state index in [1.807, 2.05) is 14.0 Å². The highest BCUT2D eigenvalue weighted by molar-refractivity contribution is 9.10. The highest BCUT2D eigenvalue weighted by atomic mass is 79.9. The molecule has 0 aliphatic carbocycles. The van der Waals surface area contributed by atoms with Crippen LogP contribution < -0.4 is 10.6 Å². The summed E-state index contributed by atoms with van der Waals surface area (Å²) in [5.74, 6) is 0.922. The van der Waals surface area contributed by atoms with Crippen LogP contribution in [0.4, 0.5) is 5.82 Å². The summed E-state index contributed by atoms with van der Waals surface area (Å²) >= 11 is 3.47. The van der Waals surface area contributed by atoms with Crippen molar-refractivity contribution in [1.29, 1.82) is 0 Å². The van der Waals surface area contributed by atoms with Crippen LogP contribution in [0, 0.1) is 6.92 Å². The van der Waals surface area contributed by atoms with Gasteiger partial charge < -0.3 is 10.6 Å². The van der Waals surface area contributed by atoms with Crippen molar-refractivity contribution in [2.24, 2.45) is 5.73 Å². The third kappa shape index (κ3) is 2.65. The van der Waals surface area contributed by atoms with E-state index in [-0.39, 0.29) is 0 Å². The zero-order valence-electron chi connectivity index (χ0n) is 8.50. The molecule has 0 bridgehead atoms. The van der Waals surface area contributed by atoms with Crippen LogP contribution in [-0.4, -0.2) is 30.1 Å². The number of aromatic nitrogens is 2. The van der Waals surface area contributed by atoms with Crippen molar-refractivity contribution >= 4 is 21.7 Å². The molecule has 1 aromatic rings. The third-order valence-corrected chi connectivity index (χ3v) is 2.93. The Morgan fingerprint density at radius 1 is 1.50 bits per heavy atom. The molecule has 0 aromatic carbocycles. The van der Waals surface area contributed by atoms with Gasteiger partial charge in [-0.15, -0.1) is 0 Å². The molecule has 2 N–H and O–H groups in total. The van der Waals surface area contributed by atoms with Gasteiger partial charge in [0.25, 0.3) is 0 Å². The summed E-state index contributed by atoms with van der Waals surface area (Å²) in [5, 5.41) is 0. The van der Waals surface area contributed by atoms with Crippen molar-refractivity contribution < 1.29 is 0 Å². The summed E-state index contributed by atoms with van der Waals surface area (Å²) in [7, 11) is 2.00. The third-order valence-electron chi connectivity index (χ3n) is 2.00. The van der Waals surface area contributed by atoms with E-state index in [1.165, 1.54) is 0 Å². The van der Waals surface area contributed by atoms with Crippen LogP contribution in [-0.2, 0) is 0 Å². The molecule has 0 fully saturated rings. The van der Waals surface area contributed by atoms with Crippen molar-refractivity contribution in [1.82, 2.24) is 9.97 Å². The molecule has 0 aliphatic rings. The molecule has 0 saturated carbocycles. The molecule has 0 atom stereocenters. The van der Waals surface area contributed by atoms with E-state index in [2.05, 4.69) is 30.8 Å². The Balaban J connectivity index is 2.79. The summed E-state index contributed by atoms with van der Waals surface area (Å²) in [6.45, 7) is 3.56. The highest BCUT2D eigenvalue weighted by Gasteiger charge is 2.08. The van der Waals surface area contributed by atoms with Gasteiger partial charge in [0.1, 0.15) is 12.1 Å². The lowest BCUT2D eigenvalue weighted by Gasteiger charge is -2.19. The van der Waals surface area contributed by atoms with Crippen molar-refractivity contribution in [2.45, 2.75) is 13.3 Å². The van der Waals surface area contributed by atoms with Gasteiger partial charge in [-0.1, -0.05) is 0 Å². The van der Waals surface area contributed by atoms with Gasteiger partial charge >= 0.3 is 0 Å². The van der Waals surface area contributed by atoms with Gasteiger partial charge in [-0.05, 0) is 35.8 Å². The Labute approximate surface area is 92.7 Å². The quantitative estimate of drug-likeness (QED) is 0.886. The molecule has 1 rings (SSSR count). The normalized spacial score (nSPS) is 10.3. The lowest BCUT2D eigenvalue weighted by atomic mass is 10.3. The van der Waals surface area contributed by atoms with Crippen molar-refractivity contribution in [3.63, 3.8) is 0 Å². The number of nitrogens with zero attached hydrogens (tertiary/aromatic N) is 3. The summed E-state index contributed by atoms with van der Waals surface area (Å²) < 4.78 is 0.958. The fourth-order valence-corrected chi connectivity index (χ4v) is 1.65. The second-order valence-electron chi connectivity index (χ2n) is 3.16. The second-order valence-corrected chi connectivity index (χ2v) is 3.95. The lowest BCUT2D eigenvalue weighted by Crippen LogP contribution is -2.22. The molecular weight excluding hydrogens is 244 g/mol. The zero-order chi connectivity index (χ0) is 10.6. The van der Waals surface area contributed by atoms with Gasteiger partial charge in [-0.2, -0.15) is 0 Å². The fourth-order valence-electron chi connectivity index (χ4n) is 1.15. The molecule has 0 unspecified atom stereocenters. The van der Waals surface area contributed by atoms with E-state index < -0.39 is 0 Å². The minimum Gasteiger partial charge on any atom is -0.359 e. The topological polar surface area (TPSA) is 55.0 Å². The number of halogens is 1. The summed E-state index contributed by atoms with van der Waals surface area (Å²) in [6, 6.07) is 0. The zero-order valence-corrected chi connectivity index (χ0v) is 10.1. The molecule has 78 valence electrons.